The van der Waals surface area contributed by atoms with Crippen molar-refractivity contribution in [2.75, 3.05) is 14.2 Å². The third-order valence-electron chi connectivity index (χ3n) is 2.81. The average molecular weight is 296 g/mol. The Morgan fingerprint density at radius 3 is 2.43 bits per heavy atom. The molecule has 0 fully saturated rings. The number of imide groups is 1. The molecule has 1 unspecified atom stereocenters. The summed E-state index contributed by atoms with van der Waals surface area (Å²) in [4.78, 5) is 22.8. The predicted octanol–water partition coefficient (Wildman–Crippen LogP) is 0.971. The summed E-state index contributed by atoms with van der Waals surface area (Å²) in [5, 5.41) is 13.9. The number of methoxy groups -OCH3 is 1. The van der Waals surface area contributed by atoms with E-state index in [0.29, 0.717) is 17.1 Å². The van der Waals surface area contributed by atoms with Crippen LogP contribution in [0.2, 0.25) is 0 Å². The molecule has 7 nitrogen and oxygen atoms in total. The number of carbonyl (C=O) groups is 2. The van der Waals surface area contributed by atoms with Gasteiger partial charge in [-0.25, -0.2) is 4.79 Å². The van der Waals surface area contributed by atoms with Gasteiger partial charge in [0.1, 0.15) is 0 Å². The van der Waals surface area contributed by atoms with E-state index in [1.807, 2.05) is 0 Å². The molecule has 3 amide bonds. The number of rotatable bonds is 5. The summed E-state index contributed by atoms with van der Waals surface area (Å²) < 4.78 is 10.7. The van der Waals surface area contributed by atoms with E-state index in [1.54, 1.807) is 25.1 Å². The van der Waals surface area contributed by atoms with Gasteiger partial charge in [-0.1, -0.05) is 6.07 Å². The first kappa shape index (κ1) is 16.8. The van der Waals surface area contributed by atoms with Crippen molar-refractivity contribution < 1.29 is 24.2 Å². The predicted molar refractivity (Wildman–Crippen MR) is 76.3 cm³/mol. The minimum absolute atomic E-state index is 0.349. The van der Waals surface area contributed by atoms with Crippen molar-refractivity contribution in [3.05, 3.63) is 23.8 Å². The average Bonchev–Trinajstić information content (AvgIpc) is 2.46. The molecule has 0 saturated heterocycles. The lowest BCUT2D eigenvalue weighted by atomic mass is 10.1. The Labute approximate surface area is 123 Å². The quantitative estimate of drug-likeness (QED) is 0.752. The summed E-state index contributed by atoms with van der Waals surface area (Å²) >= 11 is 0. The van der Waals surface area contributed by atoms with E-state index in [9.17, 15) is 14.7 Å². The van der Waals surface area contributed by atoms with Crippen molar-refractivity contribution >= 4 is 11.9 Å². The van der Waals surface area contributed by atoms with Gasteiger partial charge in [0.15, 0.2) is 17.6 Å². The van der Waals surface area contributed by atoms with E-state index >= 15 is 0 Å². The molecule has 0 aliphatic heterocycles. The first-order valence-corrected chi connectivity index (χ1v) is 6.44. The Morgan fingerprint density at radius 2 is 1.90 bits per heavy atom. The smallest absolute Gasteiger partial charge is 0.321 e. The fourth-order valence-electron chi connectivity index (χ4n) is 1.56. The fourth-order valence-corrected chi connectivity index (χ4v) is 1.56. The Balaban J connectivity index is 2.82. The van der Waals surface area contributed by atoms with Crippen molar-refractivity contribution in [3.8, 4) is 11.5 Å². The third kappa shape index (κ3) is 4.64. The molecule has 0 heterocycles. The molecule has 0 saturated carbocycles. The number of aliphatic hydroxyl groups is 1. The minimum Gasteiger partial charge on any atom is -0.493 e. The zero-order valence-corrected chi connectivity index (χ0v) is 12.5. The van der Waals surface area contributed by atoms with Gasteiger partial charge in [-0.15, -0.1) is 0 Å². The molecule has 0 bridgehead atoms. The molecular weight excluding hydrogens is 276 g/mol. The van der Waals surface area contributed by atoms with E-state index in [0.717, 1.165) is 0 Å². The zero-order chi connectivity index (χ0) is 16.0. The fraction of sp³-hybridized carbons (Fsp3) is 0.429. The summed E-state index contributed by atoms with van der Waals surface area (Å²) in [6.07, 6.45) is -1.52. The normalized spacial score (nSPS) is 13.0. The molecule has 1 aromatic carbocycles. The van der Waals surface area contributed by atoms with Gasteiger partial charge in [0.2, 0.25) is 0 Å². The Hall–Kier alpha value is -2.28. The van der Waals surface area contributed by atoms with Gasteiger partial charge in [-0.3, -0.25) is 10.1 Å². The van der Waals surface area contributed by atoms with Gasteiger partial charge in [0.05, 0.1) is 13.2 Å². The zero-order valence-electron chi connectivity index (χ0n) is 12.5. The molecule has 0 aromatic heterocycles. The maximum atomic E-state index is 11.7. The molecule has 0 aliphatic carbocycles. The molecule has 1 aromatic rings. The standard InChI is InChI=1S/C14H20N2O5/c1-8(17)10-5-6-11(12(7-10)20-4)21-9(2)13(18)16-14(19)15-3/h5-9,17H,1-4H3,(H2,15,16,18,19)/t8-,9?/m0/s1. The molecule has 7 heteroatoms. The van der Waals surface area contributed by atoms with Crippen LogP contribution in [-0.4, -0.2) is 37.3 Å². The molecule has 116 valence electrons. The number of hydrogen-bond donors (Lipinski definition) is 3. The topological polar surface area (TPSA) is 96.9 Å². The second-order valence-corrected chi connectivity index (χ2v) is 4.41. The highest BCUT2D eigenvalue weighted by atomic mass is 16.5. The summed E-state index contributed by atoms with van der Waals surface area (Å²) in [6, 6.07) is 4.30. The van der Waals surface area contributed by atoms with Crippen molar-refractivity contribution in [1.29, 1.82) is 0 Å². The van der Waals surface area contributed by atoms with Gasteiger partial charge in [0.25, 0.3) is 5.91 Å². The van der Waals surface area contributed by atoms with Gasteiger partial charge in [0, 0.05) is 7.05 Å². The number of ether oxygens (including phenoxy) is 2. The van der Waals surface area contributed by atoms with E-state index in [1.165, 1.54) is 21.1 Å². The highest BCUT2D eigenvalue weighted by Crippen LogP contribution is 2.30. The molecular formula is C14H20N2O5. The van der Waals surface area contributed by atoms with Crippen LogP contribution in [0.4, 0.5) is 4.79 Å². The number of urea groups is 1. The lowest BCUT2D eigenvalue weighted by Gasteiger charge is -2.17. The van der Waals surface area contributed by atoms with Crippen molar-refractivity contribution in [3.63, 3.8) is 0 Å². The maximum absolute atomic E-state index is 11.7. The lowest BCUT2D eigenvalue weighted by Crippen LogP contribution is -2.44. The van der Waals surface area contributed by atoms with Crippen LogP contribution >= 0.6 is 0 Å². The molecule has 1 rings (SSSR count). The summed E-state index contributed by atoms with van der Waals surface area (Å²) in [5.41, 5.74) is 0.668. The van der Waals surface area contributed by atoms with E-state index in [-0.39, 0.29) is 0 Å². The van der Waals surface area contributed by atoms with E-state index in [4.69, 9.17) is 9.47 Å². The Morgan fingerprint density at radius 1 is 1.24 bits per heavy atom. The molecule has 2 atom stereocenters. The van der Waals surface area contributed by atoms with Gasteiger partial charge in [-0.05, 0) is 31.5 Å². The molecule has 0 radical (unpaired) electrons. The molecule has 0 aliphatic rings. The van der Waals surface area contributed by atoms with Gasteiger partial charge in [-0.2, -0.15) is 0 Å². The van der Waals surface area contributed by atoms with E-state index in [2.05, 4.69) is 10.6 Å². The Kier molecular flexibility index (Phi) is 5.98. The monoisotopic (exact) mass is 296 g/mol. The summed E-state index contributed by atoms with van der Waals surface area (Å²) in [6.45, 7) is 3.15. The van der Waals surface area contributed by atoms with Crippen LogP contribution in [0.15, 0.2) is 18.2 Å². The largest absolute Gasteiger partial charge is 0.493 e. The number of hydrogen-bond acceptors (Lipinski definition) is 5. The molecule has 3 N–H and O–H groups in total. The number of benzene rings is 1. The Bertz CT molecular complexity index is 516. The first-order chi connectivity index (χ1) is 9.88. The van der Waals surface area contributed by atoms with Crippen LogP contribution in [0.5, 0.6) is 11.5 Å². The second kappa shape index (κ2) is 7.49. The number of amides is 3. The van der Waals surface area contributed by atoms with Crippen LogP contribution in [0.25, 0.3) is 0 Å². The third-order valence-corrected chi connectivity index (χ3v) is 2.81. The van der Waals surface area contributed by atoms with Crippen molar-refractivity contribution in [2.24, 2.45) is 0 Å². The molecule has 0 spiro atoms. The maximum Gasteiger partial charge on any atom is 0.321 e. The highest BCUT2D eigenvalue weighted by Gasteiger charge is 2.19. The van der Waals surface area contributed by atoms with Crippen LogP contribution in [0.3, 0.4) is 0 Å². The van der Waals surface area contributed by atoms with Crippen LogP contribution in [-0.2, 0) is 4.79 Å². The number of nitrogens with one attached hydrogen (secondary N) is 2. The van der Waals surface area contributed by atoms with Gasteiger partial charge < -0.3 is 19.9 Å². The number of carbonyl (C=O) groups excluding carboxylic acids is 2. The SMILES string of the molecule is CNC(=O)NC(=O)C(C)Oc1ccc([C@H](C)O)cc1OC. The lowest BCUT2D eigenvalue weighted by molar-refractivity contribution is -0.126. The van der Waals surface area contributed by atoms with Crippen molar-refractivity contribution in [1.82, 2.24) is 10.6 Å². The summed E-state index contributed by atoms with van der Waals surface area (Å²) in [5.74, 6) is 0.172. The van der Waals surface area contributed by atoms with Crippen LogP contribution in [0, 0.1) is 0 Å². The van der Waals surface area contributed by atoms with E-state index < -0.39 is 24.1 Å². The van der Waals surface area contributed by atoms with Crippen LogP contribution < -0.4 is 20.1 Å². The van der Waals surface area contributed by atoms with Crippen LogP contribution in [0.1, 0.15) is 25.5 Å². The first-order valence-electron chi connectivity index (χ1n) is 6.44. The minimum atomic E-state index is -0.881. The molecule has 21 heavy (non-hydrogen) atoms. The van der Waals surface area contributed by atoms with Crippen molar-refractivity contribution in [2.45, 2.75) is 26.1 Å². The number of aliphatic hydroxyl groups excluding tert-OH is 1. The second-order valence-electron chi connectivity index (χ2n) is 4.41. The highest BCUT2D eigenvalue weighted by molar-refractivity contribution is 5.96. The summed E-state index contributed by atoms with van der Waals surface area (Å²) in [7, 11) is 2.87. The van der Waals surface area contributed by atoms with Gasteiger partial charge >= 0.3 is 6.03 Å².